The molecule has 0 bridgehead atoms. The first kappa shape index (κ1) is 11.8. The summed E-state index contributed by atoms with van der Waals surface area (Å²) in [6.45, 7) is 1.48. The molecule has 0 spiro atoms. The van der Waals surface area contributed by atoms with Crippen molar-refractivity contribution in [3.05, 3.63) is 0 Å². The van der Waals surface area contributed by atoms with E-state index in [1.54, 1.807) is 7.11 Å². The standard InChI is InChI=1S/C10H18ClNO2/c1-8(13)12-9(14-2)10(11)6-4-3-5-7-10/h9H,3-7H2,1-2H3,(H,12,13). The van der Waals surface area contributed by atoms with Crippen molar-refractivity contribution in [2.45, 2.75) is 50.1 Å². The van der Waals surface area contributed by atoms with Gasteiger partial charge in [-0.1, -0.05) is 19.3 Å². The lowest BCUT2D eigenvalue weighted by atomic mass is 9.87. The molecule has 1 unspecified atom stereocenters. The quantitative estimate of drug-likeness (QED) is 0.583. The maximum atomic E-state index is 10.9. The molecule has 4 heteroatoms. The summed E-state index contributed by atoms with van der Waals surface area (Å²) in [5.74, 6) is -0.0950. The molecule has 0 aliphatic heterocycles. The lowest BCUT2D eigenvalue weighted by Crippen LogP contribution is -2.50. The molecule has 1 atom stereocenters. The molecule has 1 amide bonds. The van der Waals surface area contributed by atoms with Gasteiger partial charge in [-0.15, -0.1) is 11.6 Å². The molecular weight excluding hydrogens is 202 g/mol. The van der Waals surface area contributed by atoms with Crippen LogP contribution in [0.5, 0.6) is 0 Å². The van der Waals surface area contributed by atoms with Gasteiger partial charge in [0.1, 0.15) is 6.23 Å². The van der Waals surface area contributed by atoms with Crippen molar-refractivity contribution in [2.75, 3.05) is 7.11 Å². The Morgan fingerprint density at radius 1 is 1.43 bits per heavy atom. The molecule has 3 nitrogen and oxygen atoms in total. The summed E-state index contributed by atoms with van der Waals surface area (Å²) in [5.41, 5.74) is 0. The molecule has 1 N–H and O–H groups in total. The third kappa shape index (κ3) is 2.85. The Morgan fingerprint density at radius 2 is 2.00 bits per heavy atom. The van der Waals surface area contributed by atoms with Gasteiger partial charge in [-0.2, -0.15) is 0 Å². The van der Waals surface area contributed by atoms with Crippen LogP contribution >= 0.6 is 11.6 Å². The van der Waals surface area contributed by atoms with Gasteiger partial charge in [-0.05, 0) is 12.8 Å². The van der Waals surface area contributed by atoms with Gasteiger partial charge in [0.2, 0.25) is 5.91 Å². The lowest BCUT2D eigenvalue weighted by molar-refractivity contribution is -0.123. The molecule has 1 fully saturated rings. The Morgan fingerprint density at radius 3 is 2.43 bits per heavy atom. The van der Waals surface area contributed by atoms with Gasteiger partial charge < -0.3 is 10.1 Å². The van der Waals surface area contributed by atoms with Crippen LogP contribution in [0, 0.1) is 0 Å². The highest BCUT2D eigenvalue weighted by Gasteiger charge is 2.38. The zero-order valence-corrected chi connectivity index (χ0v) is 9.56. The highest BCUT2D eigenvalue weighted by atomic mass is 35.5. The van der Waals surface area contributed by atoms with Crippen LogP contribution in [-0.4, -0.2) is 24.1 Å². The van der Waals surface area contributed by atoms with E-state index in [9.17, 15) is 4.79 Å². The number of alkyl halides is 1. The van der Waals surface area contributed by atoms with Gasteiger partial charge in [0.05, 0.1) is 4.87 Å². The number of amides is 1. The lowest BCUT2D eigenvalue weighted by Gasteiger charge is -2.37. The van der Waals surface area contributed by atoms with Crippen molar-refractivity contribution < 1.29 is 9.53 Å². The third-order valence-electron chi connectivity index (χ3n) is 2.72. The molecule has 82 valence electrons. The number of hydrogen-bond donors (Lipinski definition) is 1. The molecule has 14 heavy (non-hydrogen) atoms. The van der Waals surface area contributed by atoms with Crippen LogP contribution in [0.2, 0.25) is 0 Å². The van der Waals surface area contributed by atoms with Crippen LogP contribution in [0.1, 0.15) is 39.0 Å². The maximum Gasteiger partial charge on any atom is 0.218 e. The van der Waals surface area contributed by atoms with Crippen molar-refractivity contribution >= 4 is 17.5 Å². The maximum absolute atomic E-state index is 10.9. The Hall–Kier alpha value is -0.280. The SMILES string of the molecule is COC(NC(C)=O)C1(Cl)CCCCC1. The van der Waals surface area contributed by atoms with Crippen LogP contribution in [0.15, 0.2) is 0 Å². The minimum atomic E-state index is -0.404. The molecule has 1 aliphatic rings. The van der Waals surface area contributed by atoms with E-state index in [4.69, 9.17) is 16.3 Å². The van der Waals surface area contributed by atoms with Gasteiger partial charge >= 0.3 is 0 Å². The molecule has 1 rings (SSSR count). The van der Waals surface area contributed by atoms with E-state index in [1.807, 2.05) is 0 Å². The normalized spacial score (nSPS) is 22.8. The Balaban J connectivity index is 2.60. The third-order valence-corrected chi connectivity index (χ3v) is 3.30. The number of hydrogen-bond acceptors (Lipinski definition) is 2. The Labute approximate surface area is 90.1 Å². The van der Waals surface area contributed by atoms with Crippen molar-refractivity contribution in [3.63, 3.8) is 0 Å². The summed E-state index contributed by atoms with van der Waals surface area (Å²) < 4.78 is 5.24. The summed E-state index contributed by atoms with van der Waals surface area (Å²) in [6.07, 6.45) is 4.92. The van der Waals surface area contributed by atoms with Gasteiger partial charge in [0.15, 0.2) is 0 Å². The fourth-order valence-corrected chi connectivity index (χ4v) is 2.40. The average molecular weight is 220 g/mol. The van der Waals surface area contributed by atoms with Crippen LogP contribution in [0.3, 0.4) is 0 Å². The van der Waals surface area contributed by atoms with Gasteiger partial charge in [0, 0.05) is 14.0 Å². The topological polar surface area (TPSA) is 38.3 Å². The molecule has 0 aromatic carbocycles. The number of nitrogens with one attached hydrogen (secondary N) is 1. The van der Waals surface area contributed by atoms with Crippen molar-refractivity contribution in [1.82, 2.24) is 5.32 Å². The number of halogens is 1. The predicted octanol–water partition coefficient (Wildman–Crippen LogP) is 2.04. The highest BCUT2D eigenvalue weighted by molar-refractivity contribution is 6.24. The van der Waals surface area contributed by atoms with E-state index in [1.165, 1.54) is 13.3 Å². The molecule has 0 aromatic rings. The summed E-state index contributed by atoms with van der Waals surface area (Å²) >= 11 is 6.45. The first-order valence-electron chi connectivity index (χ1n) is 5.07. The molecule has 0 radical (unpaired) electrons. The number of rotatable bonds is 3. The van der Waals surface area contributed by atoms with Gasteiger partial charge in [0.25, 0.3) is 0 Å². The van der Waals surface area contributed by atoms with Gasteiger partial charge in [-0.25, -0.2) is 0 Å². The second kappa shape index (κ2) is 4.99. The predicted molar refractivity (Wildman–Crippen MR) is 56.3 cm³/mol. The molecule has 0 saturated heterocycles. The van der Waals surface area contributed by atoms with E-state index in [0.717, 1.165) is 25.7 Å². The van der Waals surface area contributed by atoms with Crippen LogP contribution in [-0.2, 0) is 9.53 Å². The smallest absolute Gasteiger partial charge is 0.218 e. The van der Waals surface area contributed by atoms with Crippen molar-refractivity contribution in [2.24, 2.45) is 0 Å². The van der Waals surface area contributed by atoms with E-state index in [-0.39, 0.29) is 12.1 Å². The van der Waals surface area contributed by atoms with Crippen molar-refractivity contribution in [3.8, 4) is 0 Å². The monoisotopic (exact) mass is 219 g/mol. The Bertz CT molecular complexity index is 202. The Kier molecular flexibility index (Phi) is 4.20. The number of methoxy groups -OCH3 is 1. The summed E-state index contributed by atoms with van der Waals surface area (Å²) in [6, 6.07) is 0. The highest BCUT2D eigenvalue weighted by Crippen LogP contribution is 2.37. The van der Waals surface area contributed by atoms with Crippen molar-refractivity contribution in [1.29, 1.82) is 0 Å². The zero-order chi connectivity index (χ0) is 10.6. The van der Waals surface area contributed by atoms with E-state index >= 15 is 0 Å². The van der Waals surface area contributed by atoms with Gasteiger partial charge in [-0.3, -0.25) is 4.79 Å². The molecule has 0 aromatic heterocycles. The fraction of sp³-hybridized carbons (Fsp3) is 0.900. The van der Waals surface area contributed by atoms with E-state index < -0.39 is 4.87 Å². The fourth-order valence-electron chi connectivity index (χ4n) is 1.99. The number of ether oxygens (including phenoxy) is 1. The minimum Gasteiger partial charge on any atom is -0.360 e. The first-order chi connectivity index (χ1) is 6.58. The second-order valence-corrected chi connectivity index (χ2v) is 4.66. The molecular formula is C10H18ClNO2. The van der Waals surface area contributed by atoms with Crippen LogP contribution in [0.4, 0.5) is 0 Å². The second-order valence-electron chi connectivity index (χ2n) is 3.91. The van der Waals surface area contributed by atoms with Crippen LogP contribution in [0.25, 0.3) is 0 Å². The van der Waals surface area contributed by atoms with E-state index in [0.29, 0.717) is 0 Å². The molecule has 0 heterocycles. The van der Waals surface area contributed by atoms with Crippen LogP contribution < -0.4 is 5.32 Å². The number of carbonyl (C=O) groups excluding carboxylic acids is 1. The average Bonchev–Trinajstić information content (AvgIpc) is 2.15. The molecule has 1 saturated carbocycles. The van der Waals surface area contributed by atoms with E-state index in [2.05, 4.69) is 5.32 Å². The molecule has 1 aliphatic carbocycles. The summed E-state index contributed by atoms with van der Waals surface area (Å²) in [4.78, 5) is 10.5. The first-order valence-corrected chi connectivity index (χ1v) is 5.45. The largest absolute Gasteiger partial charge is 0.360 e. The number of carbonyl (C=O) groups is 1. The summed E-state index contributed by atoms with van der Waals surface area (Å²) in [5, 5.41) is 2.75. The minimum absolute atomic E-state index is 0.0950. The summed E-state index contributed by atoms with van der Waals surface area (Å²) in [7, 11) is 1.58. The zero-order valence-electron chi connectivity index (χ0n) is 8.81.